The number of amides is 1. The highest BCUT2D eigenvalue weighted by Crippen LogP contribution is 2.32. The topological polar surface area (TPSA) is 32.3 Å². The SMILES string of the molecule is Cc1c(C(=O)N[C@@H]2CCN(Cc3ccccc3)C2)sc2cccc(F)c12. The lowest BCUT2D eigenvalue weighted by atomic mass is 10.1. The maximum atomic E-state index is 14.1. The van der Waals surface area contributed by atoms with Crippen molar-refractivity contribution in [3.63, 3.8) is 0 Å². The zero-order valence-corrected chi connectivity index (χ0v) is 15.5. The number of likely N-dealkylation sites (tertiary alicyclic amines) is 1. The first-order valence-electron chi connectivity index (χ1n) is 8.86. The lowest BCUT2D eigenvalue weighted by Gasteiger charge is -2.16. The molecule has 0 spiro atoms. The molecule has 26 heavy (non-hydrogen) atoms. The van der Waals surface area contributed by atoms with Gasteiger partial charge in [0.05, 0.1) is 4.88 Å². The summed E-state index contributed by atoms with van der Waals surface area (Å²) in [4.78, 5) is 15.7. The van der Waals surface area contributed by atoms with E-state index in [0.29, 0.717) is 10.3 Å². The highest BCUT2D eigenvalue weighted by molar-refractivity contribution is 7.21. The van der Waals surface area contributed by atoms with Crippen molar-refractivity contribution < 1.29 is 9.18 Å². The second-order valence-electron chi connectivity index (χ2n) is 6.85. The van der Waals surface area contributed by atoms with Crippen LogP contribution in [0.2, 0.25) is 0 Å². The molecule has 3 nitrogen and oxygen atoms in total. The number of carbonyl (C=O) groups excluding carboxylic acids is 1. The number of hydrogen-bond donors (Lipinski definition) is 1. The van der Waals surface area contributed by atoms with Crippen LogP contribution in [0.3, 0.4) is 0 Å². The van der Waals surface area contributed by atoms with Crippen LogP contribution in [0.5, 0.6) is 0 Å². The van der Waals surface area contributed by atoms with Crippen molar-refractivity contribution in [1.82, 2.24) is 10.2 Å². The van der Waals surface area contributed by atoms with Gasteiger partial charge in [-0.3, -0.25) is 9.69 Å². The molecule has 0 aliphatic carbocycles. The fraction of sp³-hybridized carbons (Fsp3) is 0.286. The summed E-state index contributed by atoms with van der Waals surface area (Å²) in [7, 11) is 0. The van der Waals surface area contributed by atoms with Gasteiger partial charge in [-0.25, -0.2) is 4.39 Å². The molecular weight excluding hydrogens is 347 g/mol. The standard InChI is InChI=1S/C21H21FN2OS/c1-14-19-17(22)8-5-9-18(19)26-20(14)21(25)23-16-10-11-24(13-16)12-15-6-3-2-4-7-15/h2-9,16H,10-13H2,1H3,(H,23,25)/t16-/m1/s1. The largest absolute Gasteiger partial charge is 0.347 e. The van der Waals surface area contributed by atoms with Gasteiger partial charge in [-0.2, -0.15) is 0 Å². The molecule has 0 radical (unpaired) electrons. The molecule has 1 aliphatic heterocycles. The van der Waals surface area contributed by atoms with Gasteiger partial charge in [-0.15, -0.1) is 11.3 Å². The molecule has 5 heteroatoms. The van der Waals surface area contributed by atoms with Gasteiger partial charge in [0, 0.05) is 35.8 Å². The molecule has 0 unspecified atom stereocenters. The summed E-state index contributed by atoms with van der Waals surface area (Å²) in [5.74, 6) is -0.347. The summed E-state index contributed by atoms with van der Waals surface area (Å²) in [6.45, 7) is 4.55. The number of benzene rings is 2. The van der Waals surface area contributed by atoms with Crippen molar-refractivity contribution in [2.75, 3.05) is 13.1 Å². The van der Waals surface area contributed by atoms with Crippen molar-refractivity contribution in [2.24, 2.45) is 0 Å². The third-order valence-electron chi connectivity index (χ3n) is 4.97. The Kier molecular flexibility index (Phi) is 4.74. The van der Waals surface area contributed by atoms with Crippen LogP contribution in [-0.4, -0.2) is 29.9 Å². The number of nitrogens with zero attached hydrogens (tertiary/aromatic N) is 1. The fourth-order valence-corrected chi connectivity index (χ4v) is 4.78. The van der Waals surface area contributed by atoms with Crippen molar-refractivity contribution in [3.05, 3.63) is 70.4 Å². The predicted octanol–water partition coefficient (Wildman–Crippen LogP) is 4.35. The van der Waals surface area contributed by atoms with Gasteiger partial charge < -0.3 is 5.32 Å². The quantitative estimate of drug-likeness (QED) is 0.742. The normalized spacial score (nSPS) is 17.7. The zero-order valence-electron chi connectivity index (χ0n) is 14.7. The highest BCUT2D eigenvalue weighted by Gasteiger charge is 2.26. The average molecular weight is 368 g/mol. The van der Waals surface area contributed by atoms with Gasteiger partial charge in [0.15, 0.2) is 0 Å². The van der Waals surface area contributed by atoms with Crippen molar-refractivity contribution >= 4 is 27.3 Å². The number of aryl methyl sites for hydroxylation is 1. The van der Waals surface area contributed by atoms with Crippen molar-refractivity contribution in [1.29, 1.82) is 0 Å². The number of hydrogen-bond acceptors (Lipinski definition) is 3. The van der Waals surface area contributed by atoms with E-state index in [1.165, 1.54) is 23.0 Å². The van der Waals surface area contributed by atoms with Crippen LogP contribution in [0.25, 0.3) is 10.1 Å². The minimum absolute atomic E-state index is 0.0883. The Bertz CT molecular complexity index is 938. The van der Waals surface area contributed by atoms with Crippen molar-refractivity contribution in [2.45, 2.75) is 25.9 Å². The number of carbonyl (C=O) groups is 1. The van der Waals surface area contributed by atoms with Crippen LogP contribution in [-0.2, 0) is 6.54 Å². The second-order valence-corrected chi connectivity index (χ2v) is 7.90. The van der Waals surface area contributed by atoms with Gasteiger partial charge >= 0.3 is 0 Å². The smallest absolute Gasteiger partial charge is 0.261 e. The van der Waals surface area contributed by atoms with E-state index in [9.17, 15) is 9.18 Å². The lowest BCUT2D eigenvalue weighted by molar-refractivity contribution is 0.0941. The van der Waals surface area contributed by atoms with Gasteiger partial charge in [0.2, 0.25) is 0 Å². The molecule has 1 atom stereocenters. The van der Waals surface area contributed by atoms with E-state index >= 15 is 0 Å². The van der Waals surface area contributed by atoms with Crippen LogP contribution in [0.1, 0.15) is 27.2 Å². The summed E-state index contributed by atoms with van der Waals surface area (Å²) in [6, 6.07) is 15.5. The van der Waals surface area contributed by atoms with Gasteiger partial charge in [0.25, 0.3) is 5.91 Å². The van der Waals surface area contributed by atoms with Gasteiger partial charge in [-0.05, 0) is 36.6 Å². The molecule has 134 valence electrons. The number of fused-ring (bicyclic) bond motifs is 1. The Labute approximate surface area is 156 Å². The van der Waals surface area contributed by atoms with Gasteiger partial charge in [0.1, 0.15) is 5.82 Å². The molecule has 0 bridgehead atoms. The van der Waals surface area contributed by atoms with Crippen LogP contribution in [0, 0.1) is 12.7 Å². The molecule has 2 aromatic carbocycles. The zero-order chi connectivity index (χ0) is 18.1. The molecule has 4 rings (SSSR count). The van der Waals surface area contributed by atoms with E-state index in [2.05, 4.69) is 22.3 Å². The Morgan fingerprint density at radius 3 is 2.81 bits per heavy atom. The summed E-state index contributed by atoms with van der Waals surface area (Å²) in [6.07, 6.45) is 0.941. The average Bonchev–Trinajstić information content (AvgIpc) is 3.21. The van der Waals surface area contributed by atoms with E-state index in [1.54, 1.807) is 6.07 Å². The summed E-state index contributed by atoms with van der Waals surface area (Å²) < 4.78 is 14.9. The van der Waals surface area contributed by atoms with Gasteiger partial charge in [-0.1, -0.05) is 36.4 Å². The van der Waals surface area contributed by atoms with Crippen LogP contribution in [0.15, 0.2) is 48.5 Å². The minimum atomic E-state index is -0.259. The van der Waals surface area contributed by atoms with Crippen LogP contribution >= 0.6 is 11.3 Å². The van der Waals surface area contributed by atoms with E-state index in [1.807, 2.05) is 31.2 Å². The lowest BCUT2D eigenvalue weighted by Crippen LogP contribution is -2.36. The number of nitrogens with one attached hydrogen (secondary N) is 1. The third kappa shape index (κ3) is 3.37. The maximum Gasteiger partial charge on any atom is 0.261 e. The summed E-state index contributed by atoms with van der Waals surface area (Å²) >= 11 is 1.37. The first kappa shape index (κ1) is 17.2. The van der Waals surface area contributed by atoms with Crippen LogP contribution < -0.4 is 5.32 Å². The molecule has 1 N–H and O–H groups in total. The number of thiophene rings is 1. The maximum absolute atomic E-state index is 14.1. The molecular formula is C21H21FN2OS. The fourth-order valence-electron chi connectivity index (χ4n) is 3.66. The van der Waals surface area contributed by atoms with E-state index in [4.69, 9.17) is 0 Å². The summed E-state index contributed by atoms with van der Waals surface area (Å²) in [5.41, 5.74) is 2.02. The summed E-state index contributed by atoms with van der Waals surface area (Å²) in [5, 5.41) is 3.71. The second kappa shape index (κ2) is 7.17. The molecule has 3 aromatic rings. The molecule has 1 aromatic heterocycles. The monoisotopic (exact) mass is 368 g/mol. The minimum Gasteiger partial charge on any atom is -0.347 e. The Morgan fingerprint density at radius 2 is 2.04 bits per heavy atom. The first-order chi connectivity index (χ1) is 12.6. The highest BCUT2D eigenvalue weighted by atomic mass is 32.1. The number of rotatable bonds is 4. The molecule has 1 amide bonds. The molecule has 1 aliphatic rings. The molecule has 2 heterocycles. The number of halogens is 1. The van der Waals surface area contributed by atoms with Crippen molar-refractivity contribution in [3.8, 4) is 0 Å². The third-order valence-corrected chi connectivity index (χ3v) is 6.22. The Hall–Kier alpha value is -2.24. The molecule has 1 fully saturated rings. The Balaban J connectivity index is 1.43. The predicted molar refractivity (Wildman–Crippen MR) is 104 cm³/mol. The van der Waals surface area contributed by atoms with E-state index in [-0.39, 0.29) is 17.8 Å². The van der Waals surface area contributed by atoms with Crippen LogP contribution in [0.4, 0.5) is 4.39 Å². The first-order valence-corrected chi connectivity index (χ1v) is 9.68. The Morgan fingerprint density at radius 1 is 1.23 bits per heavy atom. The van der Waals surface area contributed by atoms with E-state index in [0.717, 1.165) is 36.3 Å². The molecule has 1 saturated heterocycles. The molecule has 0 saturated carbocycles. The van der Waals surface area contributed by atoms with E-state index < -0.39 is 0 Å².